The number of rotatable bonds is 4. The fourth-order valence-electron chi connectivity index (χ4n) is 3.59. The number of carboxylic acid groups (broad SMARTS) is 1. The number of aromatic hydroxyl groups is 1. The van der Waals surface area contributed by atoms with Crippen molar-refractivity contribution >= 4 is 35.1 Å². The number of nitrogens with zero attached hydrogens (tertiary/aromatic N) is 1. The molecule has 4 rings (SSSR count). The van der Waals surface area contributed by atoms with Crippen LogP contribution in [0, 0.1) is 13.8 Å². The van der Waals surface area contributed by atoms with Gasteiger partial charge in [-0.2, -0.15) is 0 Å². The maximum atomic E-state index is 13.1. The molecule has 0 saturated carbocycles. The van der Waals surface area contributed by atoms with Gasteiger partial charge in [0.05, 0.1) is 28.1 Å². The molecule has 1 heterocycles. The van der Waals surface area contributed by atoms with Crippen molar-refractivity contribution < 1.29 is 29.4 Å². The molecule has 3 aromatic rings. The molecule has 0 aromatic heterocycles. The highest BCUT2D eigenvalue weighted by Crippen LogP contribution is 2.32. The molecule has 0 radical (unpaired) electrons. The van der Waals surface area contributed by atoms with Gasteiger partial charge < -0.3 is 15.5 Å². The van der Waals surface area contributed by atoms with Gasteiger partial charge in [0.15, 0.2) is 0 Å². The van der Waals surface area contributed by atoms with E-state index >= 15 is 0 Å². The molecule has 0 bridgehead atoms. The summed E-state index contributed by atoms with van der Waals surface area (Å²) < 4.78 is 0. The summed E-state index contributed by atoms with van der Waals surface area (Å²) in [6.07, 6.45) is 0. The SMILES string of the molecule is Cc1cccc(N2C(=O)c3ccc(C(=O)Nc4ccc(O)cc4C(=O)O)cc3C2=O)c1C. The molecule has 8 heteroatoms. The number of fused-ring (bicyclic) bond motifs is 1. The van der Waals surface area contributed by atoms with Crippen LogP contribution in [0.4, 0.5) is 11.4 Å². The quantitative estimate of drug-likeness (QED) is 0.428. The van der Waals surface area contributed by atoms with Crippen molar-refractivity contribution in [1.29, 1.82) is 0 Å². The number of imide groups is 1. The molecule has 1 aliphatic rings. The number of amides is 3. The van der Waals surface area contributed by atoms with Gasteiger partial charge in [-0.3, -0.25) is 14.4 Å². The van der Waals surface area contributed by atoms with Crippen molar-refractivity contribution in [3.63, 3.8) is 0 Å². The Labute approximate surface area is 182 Å². The second-order valence-electron chi connectivity index (χ2n) is 7.41. The monoisotopic (exact) mass is 430 g/mol. The van der Waals surface area contributed by atoms with Gasteiger partial charge in [-0.05, 0) is 67.4 Å². The van der Waals surface area contributed by atoms with Crippen molar-refractivity contribution in [3.8, 4) is 5.75 Å². The standard InChI is InChI=1S/C24H18N2O6/c1-12-4-3-5-20(13(12)2)26-22(29)16-8-6-14(10-17(16)23(26)30)21(28)25-19-9-7-15(27)11-18(19)24(31)32/h3-11,27H,1-2H3,(H,25,28)(H,31,32). The highest BCUT2D eigenvalue weighted by Gasteiger charge is 2.38. The molecular weight excluding hydrogens is 412 g/mol. The highest BCUT2D eigenvalue weighted by molar-refractivity contribution is 6.35. The van der Waals surface area contributed by atoms with Crippen LogP contribution < -0.4 is 10.2 Å². The second-order valence-corrected chi connectivity index (χ2v) is 7.41. The first-order chi connectivity index (χ1) is 15.2. The van der Waals surface area contributed by atoms with Gasteiger partial charge >= 0.3 is 5.97 Å². The lowest BCUT2D eigenvalue weighted by atomic mass is 10.0. The molecule has 0 fully saturated rings. The van der Waals surface area contributed by atoms with E-state index in [1.54, 1.807) is 12.1 Å². The molecule has 0 spiro atoms. The first-order valence-electron chi connectivity index (χ1n) is 9.65. The molecule has 3 amide bonds. The Kier molecular flexibility index (Phi) is 4.98. The maximum absolute atomic E-state index is 13.1. The van der Waals surface area contributed by atoms with Crippen LogP contribution in [0.3, 0.4) is 0 Å². The second kappa shape index (κ2) is 7.66. The van der Waals surface area contributed by atoms with Gasteiger partial charge in [0.25, 0.3) is 17.7 Å². The van der Waals surface area contributed by atoms with Crippen molar-refractivity contribution in [2.24, 2.45) is 0 Å². The smallest absolute Gasteiger partial charge is 0.337 e. The lowest BCUT2D eigenvalue weighted by Gasteiger charge is -2.17. The van der Waals surface area contributed by atoms with E-state index in [2.05, 4.69) is 5.32 Å². The Morgan fingerprint density at radius 1 is 0.906 bits per heavy atom. The number of hydrogen-bond donors (Lipinski definition) is 3. The molecule has 32 heavy (non-hydrogen) atoms. The lowest BCUT2D eigenvalue weighted by Crippen LogP contribution is -2.30. The molecule has 0 saturated heterocycles. The third-order valence-corrected chi connectivity index (χ3v) is 5.45. The topological polar surface area (TPSA) is 124 Å². The normalized spacial score (nSPS) is 12.6. The minimum absolute atomic E-state index is 0.0137. The average molecular weight is 430 g/mol. The van der Waals surface area contributed by atoms with E-state index in [-0.39, 0.29) is 33.7 Å². The number of carboxylic acids is 1. The Morgan fingerprint density at radius 3 is 2.34 bits per heavy atom. The fourth-order valence-corrected chi connectivity index (χ4v) is 3.59. The van der Waals surface area contributed by atoms with E-state index in [0.717, 1.165) is 22.1 Å². The number of phenolic OH excluding ortho intramolecular Hbond substituents is 1. The summed E-state index contributed by atoms with van der Waals surface area (Å²) in [6.45, 7) is 3.71. The highest BCUT2D eigenvalue weighted by atomic mass is 16.4. The predicted octanol–water partition coefficient (Wildman–Crippen LogP) is 3.76. The van der Waals surface area contributed by atoms with E-state index in [9.17, 15) is 29.4 Å². The lowest BCUT2D eigenvalue weighted by molar-refractivity contribution is 0.0697. The van der Waals surface area contributed by atoms with Crippen LogP contribution in [0.25, 0.3) is 0 Å². The Balaban J connectivity index is 1.67. The molecule has 0 unspecified atom stereocenters. The Bertz CT molecular complexity index is 1330. The predicted molar refractivity (Wildman–Crippen MR) is 117 cm³/mol. The Morgan fingerprint density at radius 2 is 1.62 bits per heavy atom. The number of aromatic carboxylic acids is 1. The number of hydrogen-bond acceptors (Lipinski definition) is 5. The van der Waals surface area contributed by atoms with Gasteiger partial charge in [0.2, 0.25) is 0 Å². The van der Waals surface area contributed by atoms with E-state index in [1.165, 1.54) is 30.3 Å². The van der Waals surface area contributed by atoms with Crippen molar-refractivity contribution in [2.45, 2.75) is 13.8 Å². The third-order valence-electron chi connectivity index (χ3n) is 5.45. The Hall–Kier alpha value is -4.46. The zero-order valence-electron chi connectivity index (χ0n) is 17.2. The molecule has 0 aliphatic carbocycles. The maximum Gasteiger partial charge on any atom is 0.337 e. The van der Waals surface area contributed by atoms with Crippen molar-refractivity contribution in [2.75, 3.05) is 10.2 Å². The van der Waals surface area contributed by atoms with E-state index in [1.807, 2.05) is 19.9 Å². The van der Waals surface area contributed by atoms with Crippen molar-refractivity contribution in [1.82, 2.24) is 0 Å². The number of anilines is 2. The van der Waals surface area contributed by atoms with Crippen LogP contribution in [0.2, 0.25) is 0 Å². The van der Waals surface area contributed by atoms with Crippen LogP contribution in [-0.4, -0.2) is 33.9 Å². The fraction of sp³-hybridized carbons (Fsp3) is 0.0833. The molecule has 1 aliphatic heterocycles. The van der Waals surface area contributed by atoms with E-state index in [0.29, 0.717) is 5.69 Å². The third kappa shape index (κ3) is 3.37. The first kappa shape index (κ1) is 20.8. The van der Waals surface area contributed by atoms with Gasteiger partial charge in [0, 0.05) is 5.56 Å². The summed E-state index contributed by atoms with van der Waals surface area (Å²) in [5.74, 6) is -3.25. The number of nitrogens with one attached hydrogen (secondary N) is 1. The van der Waals surface area contributed by atoms with Gasteiger partial charge in [-0.15, -0.1) is 0 Å². The summed E-state index contributed by atoms with van der Waals surface area (Å²) in [7, 11) is 0. The number of carbonyl (C=O) groups is 4. The number of benzene rings is 3. The van der Waals surface area contributed by atoms with Crippen molar-refractivity contribution in [3.05, 3.63) is 88.0 Å². The van der Waals surface area contributed by atoms with Crippen LogP contribution in [0.5, 0.6) is 5.75 Å². The zero-order valence-corrected chi connectivity index (χ0v) is 17.2. The molecule has 0 atom stereocenters. The van der Waals surface area contributed by atoms with Crippen LogP contribution >= 0.6 is 0 Å². The molecule has 3 aromatic carbocycles. The van der Waals surface area contributed by atoms with E-state index < -0.39 is 23.7 Å². The molecule has 3 N–H and O–H groups in total. The minimum atomic E-state index is -1.32. The minimum Gasteiger partial charge on any atom is -0.508 e. The number of phenols is 1. The summed E-state index contributed by atoms with van der Waals surface area (Å²) in [6, 6.07) is 13.0. The number of aryl methyl sites for hydroxylation is 1. The van der Waals surface area contributed by atoms with Gasteiger partial charge in [0.1, 0.15) is 5.75 Å². The average Bonchev–Trinajstić information content (AvgIpc) is 3.01. The first-order valence-corrected chi connectivity index (χ1v) is 9.65. The van der Waals surface area contributed by atoms with Gasteiger partial charge in [-0.25, -0.2) is 9.69 Å². The largest absolute Gasteiger partial charge is 0.508 e. The zero-order chi connectivity index (χ0) is 23.2. The summed E-state index contributed by atoms with van der Waals surface area (Å²) in [4.78, 5) is 51.2. The molecule has 8 nitrogen and oxygen atoms in total. The van der Waals surface area contributed by atoms with Crippen LogP contribution in [-0.2, 0) is 0 Å². The summed E-state index contributed by atoms with van der Waals surface area (Å²) in [5.41, 5.74) is 2.27. The number of carbonyl (C=O) groups excluding carboxylic acids is 3. The van der Waals surface area contributed by atoms with Crippen LogP contribution in [0.1, 0.15) is 52.6 Å². The summed E-state index contributed by atoms with van der Waals surface area (Å²) in [5, 5.41) is 21.3. The molecular formula is C24H18N2O6. The molecule has 160 valence electrons. The van der Waals surface area contributed by atoms with Crippen LogP contribution in [0.15, 0.2) is 54.6 Å². The summed E-state index contributed by atoms with van der Waals surface area (Å²) >= 11 is 0. The van der Waals surface area contributed by atoms with E-state index in [4.69, 9.17) is 0 Å². The van der Waals surface area contributed by atoms with Gasteiger partial charge in [-0.1, -0.05) is 12.1 Å².